The Labute approximate surface area is 83.6 Å². The van der Waals surface area contributed by atoms with Crippen molar-refractivity contribution in [3.05, 3.63) is 34.9 Å². The summed E-state index contributed by atoms with van der Waals surface area (Å²) in [5, 5.41) is 0. The van der Waals surface area contributed by atoms with Crippen LogP contribution in [-0.4, -0.2) is 12.6 Å². The van der Waals surface area contributed by atoms with Gasteiger partial charge in [-0.25, -0.2) is 4.99 Å². The molecule has 1 unspecified atom stereocenters. The molecule has 1 heterocycles. The zero-order valence-electron chi connectivity index (χ0n) is 8.45. The summed E-state index contributed by atoms with van der Waals surface area (Å²) in [5.41, 5.74) is 9.18. The normalized spacial score (nSPS) is 20.4. The van der Waals surface area contributed by atoms with E-state index in [0.29, 0.717) is 12.6 Å². The van der Waals surface area contributed by atoms with Gasteiger partial charge >= 0.3 is 0 Å². The van der Waals surface area contributed by atoms with Crippen molar-refractivity contribution in [3.63, 3.8) is 0 Å². The second-order valence-electron chi connectivity index (χ2n) is 3.59. The number of nitrogens with zero attached hydrogens (tertiary/aromatic N) is 1. The van der Waals surface area contributed by atoms with Crippen LogP contribution in [0.2, 0.25) is 0 Å². The quantitative estimate of drug-likeness (QED) is 0.732. The number of hydrogen-bond acceptors (Lipinski definition) is 3. The van der Waals surface area contributed by atoms with E-state index in [2.05, 4.69) is 31.0 Å². The van der Waals surface area contributed by atoms with Crippen LogP contribution >= 0.6 is 0 Å². The van der Waals surface area contributed by atoms with E-state index in [-0.39, 0.29) is 6.10 Å². The maximum atomic E-state index is 5.49. The van der Waals surface area contributed by atoms with Crippen LogP contribution in [0.4, 0.5) is 0 Å². The summed E-state index contributed by atoms with van der Waals surface area (Å²) in [5.74, 6) is 0. The maximum Gasteiger partial charge on any atom is 0.282 e. The minimum Gasteiger partial charge on any atom is -0.455 e. The molecule has 0 aliphatic carbocycles. The van der Waals surface area contributed by atoms with Crippen molar-refractivity contribution in [2.24, 2.45) is 10.7 Å². The highest BCUT2D eigenvalue weighted by Gasteiger charge is 2.22. The summed E-state index contributed by atoms with van der Waals surface area (Å²) in [6.45, 7) is 4.80. The molecule has 2 N–H and O–H groups in total. The predicted octanol–water partition coefficient (Wildman–Crippen LogP) is 1.69. The molecule has 0 fully saturated rings. The number of hydrogen-bond donors (Lipinski definition) is 1. The summed E-state index contributed by atoms with van der Waals surface area (Å²) in [6.07, 6.45) is 0.0104. The Balaban J connectivity index is 2.33. The Bertz CT molecular complexity index is 365. The highest BCUT2D eigenvalue weighted by molar-refractivity contribution is 5.73. The number of aryl methyl sites for hydroxylation is 2. The van der Waals surface area contributed by atoms with E-state index in [1.54, 1.807) is 0 Å². The van der Waals surface area contributed by atoms with Gasteiger partial charge in [-0.1, -0.05) is 18.2 Å². The van der Waals surface area contributed by atoms with E-state index >= 15 is 0 Å². The van der Waals surface area contributed by atoms with Gasteiger partial charge in [0.2, 0.25) is 0 Å². The average Bonchev–Trinajstić information content (AvgIpc) is 2.51. The minimum atomic E-state index is 0.0104. The van der Waals surface area contributed by atoms with Crippen molar-refractivity contribution < 1.29 is 4.74 Å². The van der Waals surface area contributed by atoms with Crippen LogP contribution in [0.3, 0.4) is 0 Å². The summed E-state index contributed by atoms with van der Waals surface area (Å²) in [4.78, 5) is 4.05. The molecule has 0 aromatic heterocycles. The molecule has 1 aromatic rings. The highest BCUT2D eigenvalue weighted by atomic mass is 16.5. The average molecular weight is 190 g/mol. The van der Waals surface area contributed by atoms with E-state index in [0.717, 1.165) is 0 Å². The third kappa shape index (κ3) is 1.45. The van der Waals surface area contributed by atoms with Gasteiger partial charge < -0.3 is 10.5 Å². The molecule has 14 heavy (non-hydrogen) atoms. The van der Waals surface area contributed by atoms with Crippen LogP contribution in [0.15, 0.2) is 23.2 Å². The third-order valence-electron chi connectivity index (χ3n) is 2.54. The Morgan fingerprint density at radius 2 is 2.00 bits per heavy atom. The van der Waals surface area contributed by atoms with Crippen molar-refractivity contribution >= 4 is 6.02 Å². The monoisotopic (exact) mass is 190 g/mol. The fourth-order valence-electron chi connectivity index (χ4n) is 1.88. The summed E-state index contributed by atoms with van der Waals surface area (Å²) in [7, 11) is 0. The molecular formula is C11H14N2O. The Morgan fingerprint density at radius 3 is 2.50 bits per heavy atom. The van der Waals surface area contributed by atoms with Crippen molar-refractivity contribution in [2.45, 2.75) is 20.0 Å². The molecule has 0 saturated carbocycles. The molecule has 0 amide bonds. The molecule has 1 aromatic carbocycles. The molecule has 3 heteroatoms. The van der Waals surface area contributed by atoms with Gasteiger partial charge in [0.05, 0.1) is 6.54 Å². The van der Waals surface area contributed by atoms with Gasteiger partial charge in [-0.15, -0.1) is 0 Å². The Kier molecular flexibility index (Phi) is 2.15. The molecule has 1 aliphatic rings. The van der Waals surface area contributed by atoms with Gasteiger partial charge in [0.25, 0.3) is 6.02 Å². The van der Waals surface area contributed by atoms with Crippen LogP contribution in [-0.2, 0) is 4.74 Å². The van der Waals surface area contributed by atoms with Gasteiger partial charge in [0.15, 0.2) is 0 Å². The minimum absolute atomic E-state index is 0.0104. The Morgan fingerprint density at radius 1 is 1.36 bits per heavy atom. The highest BCUT2D eigenvalue weighted by Crippen LogP contribution is 2.27. The van der Waals surface area contributed by atoms with E-state index < -0.39 is 0 Å². The fraction of sp³-hybridized carbons (Fsp3) is 0.364. The predicted molar refractivity (Wildman–Crippen MR) is 56.2 cm³/mol. The van der Waals surface area contributed by atoms with Crippen LogP contribution in [0.25, 0.3) is 0 Å². The molecule has 1 aliphatic heterocycles. The molecule has 0 spiro atoms. The van der Waals surface area contributed by atoms with Crippen molar-refractivity contribution in [3.8, 4) is 0 Å². The Hall–Kier alpha value is -1.51. The molecule has 0 saturated heterocycles. The maximum absolute atomic E-state index is 5.49. The number of ether oxygens (including phenoxy) is 1. The van der Waals surface area contributed by atoms with Crippen LogP contribution < -0.4 is 5.73 Å². The van der Waals surface area contributed by atoms with Gasteiger partial charge in [-0.2, -0.15) is 0 Å². The number of nitrogens with two attached hydrogens (primary N) is 1. The lowest BCUT2D eigenvalue weighted by Gasteiger charge is -2.15. The summed E-state index contributed by atoms with van der Waals surface area (Å²) in [6, 6.07) is 6.52. The van der Waals surface area contributed by atoms with Crippen LogP contribution in [0.5, 0.6) is 0 Å². The second kappa shape index (κ2) is 3.33. The first-order valence-electron chi connectivity index (χ1n) is 4.71. The lowest BCUT2D eigenvalue weighted by atomic mass is 9.98. The SMILES string of the molecule is Cc1cccc(C)c1C1CN=C(N)O1. The smallest absolute Gasteiger partial charge is 0.282 e. The third-order valence-corrected chi connectivity index (χ3v) is 2.54. The van der Waals surface area contributed by atoms with Crippen molar-refractivity contribution in [1.29, 1.82) is 0 Å². The zero-order chi connectivity index (χ0) is 10.1. The van der Waals surface area contributed by atoms with E-state index in [4.69, 9.17) is 10.5 Å². The standard InChI is InChI=1S/C11H14N2O/c1-7-4-3-5-8(2)10(7)9-6-13-11(12)14-9/h3-5,9H,6H2,1-2H3,(H2,12,13). The molecule has 0 bridgehead atoms. The molecule has 2 rings (SSSR count). The van der Waals surface area contributed by atoms with E-state index in [9.17, 15) is 0 Å². The number of amidine groups is 1. The van der Waals surface area contributed by atoms with Crippen LogP contribution in [0.1, 0.15) is 22.8 Å². The van der Waals surface area contributed by atoms with E-state index in [1.165, 1.54) is 16.7 Å². The second-order valence-corrected chi connectivity index (χ2v) is 3.59. The number of rotatable bonds is 1. The molecule has 1 atom stereocenters. The van der Waals surface area contributed by atoms with Gasteiger partial charge in [-0.05, 0) is 25.0 Å². The number of aliphatic imine (C=N–C) groups is 1. The largest absolute Gasteiger partial charge is 0.455 e. The summed E-state index contributed by atoms with van der Waals surface area (Å²) >= 11 is 0. The number of benzene rings is 1. The lowest BCUT2D eigenvalue weighted by molar-refractivity contribution is 0.224. The van der Waals surface area contributed by atoms with Crippen LogP contribution in [0, 0.1) is 13.8 Å². The lowest BCUT2D eigenvalue weighted by Crippen LogP contribution is -2.14. The fourth-order valence-corrected chi connectivity index (χ4v) is 1.88. The van der Waals surface area contributed by atoms with Crippen molar-refractivity contribution in [2.75, 3.05) is 6.54 Å². The van der Waals surface area contributed by atoms with Crippen molar-refractivity contribution in [1.82, 2.24) is 0 Å². The first-order valence-corrected chi connectivity index (χ1v) is 4.71. The first kappa shape index (κ1) is 9.06. The van der Waals surface area contributed by atoms with Gasteiger partial charge in [0.1, 0.15) is 6.10 Å². The zero-order valence-corrected chi connectivity index (χ0v) is 8.45. The summed E-state index contributed by atoms with van der Waals surface area (Å²) < 4.78 is 5.44. The van der Waals surface area contributed by atoms with E-state index in [1.807, 2.05) is 6.07 Å². The molecule has 3 nitrogen and oxygen atoms in total. The molecular weight excluding hydrogens is 176 g/mol. The molecule has 74 valence electrons. The molecule has 0 radical (unpaired) electrons. The van der Waals surface area contributed by atoms with Gasteiger partial charge in [-0.3, -0.25) is 0 Å². The first-order chi connectivity index (χ1) is 6.68. The topological polar surface area (TPSA) is 47.6 Å². The van der Waals surface area contributed by atoms with Gasteiger partial charge in [0, 0.05) is 5.56 Å².